The van der Waals surface area contributed by atoms with E-state index in [2.05, 4.69) is 10.5 Å². The van der Waals surface area contributed by atoms with Crippen LogP contribution in [0.4, 0.5) is 0 Å². The van der Waals surface area contributed by atoms with Crippen molar-refractivity contribution in [3.8, 4) is 11.5 Å². The Morgan fingerprint density at radius 2 is 1.75 bits per heavy atom. The average molecular weight is 471 g/mol. The van der Waals surface area contributed by atoms with Gasteiger partial charge in [-0.05, 0) is 67.4 Å². The smallest absolute Gasteiger partial charge is 0.345 e. The first kappa shape index (κ1) is 23.3. The fraction of sp³-hybridized carbons (Fsp3) is 0.125. The number of hydrogen-bond donors (Lipinski definition) is 1. The number of amides is 1. The summed E-state index contributed by atoms with van der Waals surface area (Å²) in [6.45, 7) is 4.06. The van der Waals surface area contributed by atoms with Gasteiger partial charge in [-0.15, -0.1) is 0 Å². The molecule has 0 bridgehead atoms. The zero-order valence-corrected chi connectivity index (χ0v) is 18.9. The standard InChI is InChI=1S/C24H20Cl2N2O4/c1-3-31-22-13-16(14-27-28-23(29)17-10-8-15(2)12-20(17)26)9-11-21(22)32-24(30)18-6-4-5-7-19(18)25/h4-14H,3H2,1-2H3,(H,28,29). The normalized spacial score (nSPS) is 10.8. The van der Waals surface area contributed by atoms with Gasteiger partial charge in [-0.25, -0.2) is 10.2 Å². The van der Waals surface area contributed by atoms with Crippen LogP contribution in [0, 0.1) is 6.92 Å². The van der Waals surface area contributed by atoms with Gasteiger partial charge < -0.3 is 9.47 Å². The van der Waals surface area contributed by atoms with Gasteiger partial charge in [0.1, 0.15) is 0 Å². The lowest BCUT2D eigenvalue weighted by molar-refractivity contribution is 0.0728. The average Bonchev–Trinajstić information content (AvgIpc) is 2.75. The molecule has 0 aliphatic rings. The van der Waals surface area contributed by atoms with Crippen molar-refractivity contribution in [3.63, 3.8) is 0 Å². The number of carbonyl (C=O) groups excluding carboxylic acids is 2. The molecule has 1 N–H and O–H groups in total. The summed E-state index contributed by atoms with van der Waals surface area (Å²) in [6.07, 6.45) is 1.45. The van der Waals surface area contributed by atoms with Crippen molar-refractivity contribution in [1.29, 1.82) is 0 Å². The third-order valence-electron chi connectivity index (χ3n) is 4.31. The van der Waals surface area contributed by atoms with Crippen LogP contribution in [0.1, 0.15) is 38.8 Å². The summed E-state index contributed by atoms with van der Waals surface area (Å²) in [7, 11) is 0. The molecule has 0 saturated carbocycles. The minimum atomic E-state index is -0.597. The van der Waals surface area contributed by atoms with Crippen LogP contribution < -0.4 is 14.9 Å². The van der Waals surface area contributed by atoms with Gasteiger partial charge in [0, 0.05) is 0 Å². The molecule has 8 heteroatoms. The van der Waals surface area contributed by atoms with Gasteiger partial charge in [-0.3, -0.25) is 4.79 Å². The number of esters is 1. The first-order valence-corrected chi connectivity index (χ1v) is 10.5. The zero-order valence-electron chi connectivity index (χ0n) is 17.4. The number of hydrogen-bond acceptors (Lipinski definition) is 5. The van der Waals surface area contributed by atoms with E-state index < -0.39 is 11.9 Å². The Labute approximate surface area is 195 Å². The summed E-state index contributed by atoms with van der Waals surface area (Å²) >= 11 is 12.2. The molecular weight excluding hydrogens is 451 g/mol. The molecular formula is C24H20Cl2N2O4. The lowest BCUT2D eigenvalue weighted by atomic mass is 10.1. The molecule has 0 radical (unpaired) electrons. The summed E-state index contributed by atoms with van der Waals surface area (Å²) in [6, 6.07) is 16.7. The monoisotopic (exact) mass is 470 g/mol. The Morgan fingerprint density at radius 3 is 2.47 bits per heavy atom. The van der Waals surface area contributed by atoms with Gasteiger partial charge in [0.25, 0.3) is 5.91 Å². The molecule has 0 fully saturated rings. The highest BCUT2D eigenvalue weighted by Crippen LogP contribution is 2.29. The molecule has 0 unspecified atom stereocenters. The molecule has 164 valence electrons. The third-order valence-corrected chi connectivity index (χ3v) is 4.96. The number of aryl methyl sites for hydroxylation is 1. The molecule has 0 spiro atoms. The zero-order chi connectivity index (χ0) is 23.1. The SMILES string of the molecule is CCOc1cc(C=NNC(=O)c2ccc(C)cc2Cl)ccc1OC(=O)c1ccccc1Cl. The second-order valence-electron chi connectivity index (χ2n) is 6.69. The molecule has 32 heavy (non-hydrogen) atoms. The first-order valence-electron chi connectivity index (χ1n) is 9.72. The van der Waals surface area contributed by atoms with Crippen molar-refractivity contribution in [1.82, 2.24) is 5.43 Å². The van der Waals surface area contributed by atoms with Gasteiger partial charge >= 0.3 is 5.97 Å². The topological polar surface area (TPSA) is 77.0 Å². The second kappa shape index (κ2) is 10.8. The quantitative estimate of drug-likeness (QED) is 0.208. The summed E-state index contributed by atoms with van der Waals surface area (Å²) in [4.78, 5) is 24.7. The van der Waals surface area contributed by atoms with E-state index in [0.29, 0.717) is 33.5 Å². The lowest BCUT2D eigenvalue weighted by Crippen LogP contribution is -2.18. The number of halogens is 2. The van der Waals surface area contributed by atoms with Crippen molar-refractivity contribution in [2.75, 3.05) is 6.61 Å². The molecule has 0 aliphatic heterocycles. The summed E-state index contributed by atoms with van der Waals surface area (Å²) < 4.78 is 11.1. The molecule has 3 aromatic carbocycles. The van der Waals surface area contributed by atoms with Crippen LogP contribution >= 0.6 is 23.2 Å². The Kier molecular flexibility index (Phi) is 7.87. The van der Waals surface area contributed by atoms with Gasteiger partial charge in [-0.1, -0.05) is 41.4 Å². The maximum atomic E-state index is 12.5. The molecule has 3 aromatic rings. The van der Waals surface area contributed by atoms with Crippen LogP contribution in [0.25, 0.3) is 0 Å². The predicted molar refractivity (Wildman–Crippen MR) is 125 cm³/mol. The van der Waals surface area contributed by atoms with Crippen molar-refractivity contribution < 1.29 is 19.1 Å². The molecule has 6 nitrogen and oxygen atoms in total. The number of hydrazone groups is 1. The fourth-order valence-corrected chi connectivity index (χ4v) is 3.30. The van der Waals surface area contributed by atoms with E-state index in [1.165, 1.54) is 6.21 Å². The van der Waals surface area contributed by atoms with E-state index in [-0.39, 0.29) is 11.3 Å². The highest BCUT2D eigenvalue weighted by Gasteiger charge is 2.15. The van der Waals surface area contributed by atoms with Crippen LogP contribution in [0.5, 0.6) is 11.5 Å². The van der Waals surface area contributed by atoms with E-state index in [4.69, 9.17) is 32.7 Å². The van der Waals surface area contributed by atoms with Crippen molar-refractivity contribution >= 4 is 41.3 Å². The van der Waals surface area contributed by atoms with Crippen LogP contribution in [-0.4, -0.2) is 24.7 Å². The third kappa shape index (κ3) is 5.87. The molecule has 3 rings (SSSR count). The summed E-state index contributed by atoms with van der Waals surface area (Å²) in [5.41, 5.74) is 4.59. The number of carbonyl (C=O) groups is 2. The fourth-order valence-electron chi connectivity index (χ4n) is 2.77. The predicted octanol–water partition coefficient (Wildman–Crippen LogP) is 5.68. The minimum absolute atomic E-state index is 0.240. The van der Waals surface area contributed by atoms with Gasteiger partial charge in [0.05, 0.1) is 34.0 Å². The van der Waals surface area contributed by atoms with Crippen molar-refractivity contribution in [3.05, 3.63) is 93.0 Å². The summed E-state index contributed by atoms with van der Waals surface area (Å²) in [5.74, 6) is -0.434. The van der Waals surface area contributed by atoms with Gasteiger partial charge in [0.2, 0.25) is 0 Å². The van der Waals surface area contributed by atoms with E-state index >= 15 is 0 Å². The number of rotatable bonds is 7. The summed E-state index contributed by atoms with van der Waals surface area (Å²) in [5, 5.41) is 4.61. The molecule has 0 atom stereocenters. The van der Waals surface area contributed by atoms with Crippen LogP contribution in [0.2, 0.25) is 10.0 Å². The Morgan fingerprint density at radius 1 is 0.969 bits per heavy atom. The van der Waals surface area contributed by atoms with Crippen molar-refractivity contribution in [2.45, 2.75) is 13.8 Å². The first-order chi connectivity index (χ1) is 15.4. The van der Waals surface area contributed by atoms with E-state index in [9.17, 15) is 9.59 Å². The van der Waals surface area contributed by atoms with E-state index in [1.807, 2.05) is 13.8 Å². The maximum absolute atomic E-state index is 12.5. The largest absolute Gasteiger partial charge is 0.490 e. The minimum Gasteiger partial charge on any atom is -0.490 e. The lowest BCUT2D eigenvalue weighted by Gasteiger charge is -2.12. The second-order valence-corrected chi connectivity index (χ2v) is 7.51. The van der Waals surface area contributed by atoms with Crippen LogP contribution in [0.15, 0.2) is 65.8 Å². The molecule has 0 aromatic heterocycles. The highest BCUT2D eigenvalue weighted by molar-refractivity contribution is 6.34. The number of ether oxygens (including phenoxy) is 2. The Bertz CT molecular complexity index is 1180. The van der Waals surface area contributed by atoms with Crippen molar-refractivity contribution in [2.24, 2.45) is 5.10 Å². The number of benzene rings is 3. The van der Waals surface area contributed by atoms with Crippen LogP contribution in [0.3, 0.4) is 0 Å². The molecule has 0 aliphatic carbocycles. The van der Waals surface area contributed by atoms with Gasteiger partial charge in [0.15, 0.2) is 11.5 Å². The molecule has 0 saturated heterocycles. The number of nitrogens with one attached hydrogen (secondary N) is 1. The Balaban J connectivity index is 1.73. The molecule has 0 heterocycles. The highest BCUT2D eigenvalue weighted by atomic mass is 35.5. The van der Waals surface area contributed by atoms with Gasteiger partial charge in [-0.2, -0.15) is 5.10 Å². The number of nitrogens with zero attached hydrogens (tertiary/aromatic N) is 1. The molecule has 1 amide bonds. The maximum Gasteiger partial charge on any atom is 0.345 e. The van der Waals surface area contributed by atoms with Crippen LogP contribution in [-0.2, 0) is 0 Å². The van der Waals surface area contributed by atoms with E-state index in [1.54, 1.807) is 60.7 Å². The van der Waals surface area contributed by atoms with E-state index in [0.717, 1.165) is 5.56 Å². The Hall–Kier alpha value is -3.35.